The first kappa shape index (κ1) is 23.9. The van der Waals surface area contributed by atoms with Gasteiger partial charge in [-0.1, -0.05) is 50.5 Å². The van der Waals surface area contributed by atoms with E-state index < -0.39 is 0 Å². The van der Waals surface area contributed by atoms with Crippen molar-refractivity contribution in [1.29, 1.82) is 0 Å². The van der Waals surface area contributed by atoms with E-state index in [9.17, 15) is 9.90 Å². The maximum atomic E-state index is 11.6. The highest BCUT2D eigenvalue weighted by Crippen LogP contribution is 2.25. The van der Waals surface area contributed by atoms with Crippen molar-refractivity contribution < 1.29 is 14.6 Å². The number of anilines is 1. The Morgan fingerprint density at radius 1 is 0.964 bits per heavy atom. The summed E-state index contributed by atoms with van der Waals surface area (Å²) in [5.41, 5.74) is 1.46. The Bertz CT molecular complexity index is 702. The fourth-order valence-corrected chi connectivity index (χ4v) is 2.97. The number of esters is 1. The van der Waals surface area contributed by atoms with Crippen LogP contribution in [0.3, 0.4) is 0 Å². The van der Waals surface area contributed by atoms with Gasteiger partial charge in [-0.2, -0.15) is 0 Å². The van der Waals surface area contributed by atoms with Crippen LogP contribution in [0.5, 0.6) is 5.75 Å². The third-order valence-corrected chi connectivity index (χ3v) is 4.73. The number of unbranched alkanes of at least 4 members (excludes halogenated alkanes) is 3. The molecule has 28 heavy (non-hydrogen) atoms. The van der Waals surface area contributed by atoms with Gasteiger partial charge in [-0.25, -0.2) is 4.79 Å². The van der Waals surface area contributed by atoms with Crippen LogP contribution in [0.4, 0.5) is 5.69 Å². The summed E-state index contributed by atoms with van der Waals surface area (Å²) < 4.78 is 5.17. The lowest BCUT2D eigenvalue weighted by Gasteiger charge is -2.21. The quantitative estimate of drug-likeness (QED) is 0.308. The molecular formula is C23H33NO3S. The van der Waals surface area contributed by atoms with Gasteiger partial charge in [0.15, 0.2) is 0 Å². The fraction of sp³-hybridized carbons (Fsp3) is 0.435. The third kappa shape index (κ3) is 8.26. The van der Waals surface area contributed by atoms with Gasteiger partial charge >= 0.3 is 5.97 Å². The van der Waals surface area contributed by atoms with Crippen molar-refractivity contribution >= 4 is 24.3 Å². The summed E-state index contributed by atoms with van der Waals surface area (Å²) >= 11 is 4.21. The van der Waals surface area contributed by atoms with Crippen LogP contribution in [0.1, 0.15) is 56.8 Å². The van der Waals surface area contributed by atoms with E-state index in [2.05, 4.69) is 38.3 Å². The number of thiol groups is 1. The smallest absolute Gasteiger partial charge is 0.339 e. The van der Waals surface area contributed by atoms with E-state index in [0.717, 1.165) is 31.6 Å². The first-order valence-electron chi connectivity index (χ1n) is 10.0. The van der Waals surface area contributed by atoms with Gasteiger partial charge in [0.25, 0.3) is 0 Å². The molecule has 0 spiro atoms. The zero-order valence-corrected chi connectivity index (χ0v) is 18.1. The molecule has 0 radical (unpaired) electrons. The lowest BCUT2D eigenvalue weighted by molar-refractivity contribution is 0.0494. The summed E-state index contributed by atoms with van der Waals surface area (Å²) in [6.07, 6.45) is 4.44. The van der Waals surface area contributed by atoms with E-state index in [-0.39, 0.29) is 5.97 Å². The second-order valence-electron chi connectivity index (χ2n) is 6.37. The lowest BCUT2D eigenvalue weighted by Crippen LogP contribution is -2.21. The molecule has 0 aliphatic rings. The molecule has 2 rings (SSSR count). The Labute approximate surface area is 174 Å². The normalized spacial score (nSPS) is 10.0. The molecule has 4 nitrogen and oxygen atoms in total. The number of phenolic OH excluding ortho intramolecular Hbond substituents is 1. The largest absolute Gasteiger partial charge is 0.506 e. The van der Waals surface area contributed by atoms with Gasteiger partial charge < -0.3 is 14.7 Å². The maximum Gasteiger partial charge on any atom is 0.339 e. The van der Waals surface area contributed by atoms with Crippen LogP contribution < -0.4 is 4.90 Å². The van der Waals surface area contributed by atoms with E-state index >= 15 is 0 Å². The minimum Gasteiger partial charge on any atom is -0.506 e. The zero-order chi connectivity index (χ0) is 20.8. The first-order chi connectivity index (χ1) is 13.5. The van der Waals surface area contributed by atoms with Gasteiger partial charge in [0.05, 0.1) is 17.9 Å². The first-order valence-corrected chi connectivity index (χ1v) is 10.5. The average Bonchev–Trinajstić information content (AvgIpc) is 2.71. The molecule has 0 heterocycles. The number of hydrogen-bond donors (Lipinski definition) is 2. The van der Waals surface area contributed by atoms with Crippen molar-refractivity contribution in [2.24, 2.45) is 0 Å². The monoisotopic (exact) mass is 403 g/mol. The Kier molecular flexibility index (Phi) is 11.9. The fourth-order valence-electron chi connectivity index (χ4n) is 2.71. The summed E-state index contributed by atoms with van der Waals surface area (Å²) in [6.45, 7) is 8.66. The molecule has 0 saturated carbocycles. The van der Waals surface area contributed by atoms with Crippen LogP contribution in [0, 0.1) is 0 Å². The number of carbonyl (C=O) groups excluding carboxylic acids is 1. The highest BCUT2D eigenvalue weighted by atomic mass is 32.1. The molecule has 0 aliphatic carbocycles. The molecule has 0 bridgehead atoms. The van der Waals surface area contributed by atoms with Crippen molar-refractivity contribution in [3.8, 4) is 5.75 Å². The standard InChI is InChI=1S/C13H18O2S.C10H15NO/c1-2-3-4-7-10-15-13(14)11-8-5-6-9-12(11)16;1-3-11(4-2)9-7-5-6-8-10(9)12/h5-6,8-9,16H,2-4,7,10H2,1H3;5-8,12H,3-4H2,1-2H3. The van der Waals surface area contributed by atoms with Crippen LogP contribution in [0.15, 0.2) is 53.4 Å². The number of ether oxygens (including phenoxy) is 1. The summed E-state index contributed by atoms with van der Waals surface area (Å²) in [6, 6.07) is 14.6. The molecule has 0 unspecified atom stereocenters. The molecule has 5 heteroatoms. The number of benzene rings is 2. The van der Waals surface area contributed by atoms with Crippen LogP contribution >= 0.6 is 12.6 Å². The van der Waals surface area contributed by atoms with E-state index in [1.165, 1.54) is 12.8 Å². The van der Waals surface area contributed by atoms with Crippen LogP contribution in [-0.4, -0.2) is 30.8 Å². The van der Waals surface area contributed by atoms with Crippen molar-refractivity contribution in [3.63, 3.8) is 0 Å². The molecule has 0 aliphatic heterocycles. The minimum absolute atomic E-state index is 0.276. The summed E-state index contributed by atoms with van der Waals surface area (Å²) in [4.78, 5) is 14.4. The molecule has 0 atom stereocenters. The topological polar surface area (TPSA) is 49.8 Å². The van der Waals surface area contributed by atoms with E-state index in [1.807, 2.05) is 30.3 Å². The molecule has 0 saturated heterocycles. The second kappa shape index (κ2) is 13.9. The third-order valence-electron chi connectivity index (χ3n) is 4.34. The maximum absolute atomic E-state index is 11.6. The van der Waals surface area contributed by atoms with Crippen LogP contribution in [-0.2, 0) is 4.74 Å². The Morgan fingerprint density at radius 2 is 1.61 bits per heavy atom. The van der Waals surface area contributed by atoms with Crippen LogP contribution in [0.25, 0.3) is 0 Å². The van der Waals surface area contributed by atoms with Gasteiger partial charge in [-0.3, -0.25) is 0 Å². The molecule has 0 amide bonds. The molecule has 0 aromatic heterocycles. The number of nitrogens with zero attached hydrogens (tertiary/aromatic N) is 1. The zero-order valence-electron chi connectivity index (χ0n) is 17.2. The Hall–Kier alpha value is -2.14. The summed E-state index contributed by atoms with van der Waals surface area (Å²) in [5.74, 6) is 0.0864. The number of rotatable bonds is 9. The molecule has 1 N–H and O–H groups in total. The Balaban J connectivity index is 0.000000292. The average molecular weight is 404 g/mol. The van der Waals surface area contributed by atoms with Gasteiger partial charge in [0.1, 0.15) is 5.75 Å². The van der Waals surface area contributed by atoms with Gasteiger partial charge in [0, 0.05) is 18.0 Å². The molecule has 2 aromatic carbocycles. The van der Waals surface area contributed by atoms with Crippen LogP contribution in [0.2, 0.25) is 0 Å². The summed E-state index contributed by atoms with van der Waals surface area (Å²) in [5, 5.41) is 9.50. The number of hydrogen-bond acceptors (Lipinski definition) is 5. The van der Waals surface area contributed by atoms with Gasteiger partial charge in [-0.05, 0) is 44.5 Å². The second-order valence-corrected chi connectivity index (χ2v) is 6.86. The number of para-hydroxylation sites is 2. The molecule has 154 valence electrons. The van der Waals surface area contributed by atoms with E-state index in [4.69, 9.17) is 4.74 Å². The van der Waals surface area contributed by atoms with Crippen molar-refractivity contribution in [2.75, 3.05) is 24.6 Å². The van der Waals surface area contributed by atoms with Crippen molar-refractivity contribution in [2.45, 2.75) is 51.3 Å². The van der Waals surface area contributed by atoms with Crippen molar-refractivity contribution in [1.82, 2.24) is 0 Å². The number of phenols is 1. The number of carbonyl (C=O) groups is 1. The predicted molar refractivity (Wildman–Crippen MR) is 120 cm³/mol. The Morgan fingerprint density at radius 3 is 2.21 bits per heavy atom. The van der Waals surface area contributed by atoms with Gasteiger partial charge in [-0.15, -0.1) is 12.6 Å². The SMILES string of the molecule is CCCCCCOC(=O)c1ccccc1S.CCN(CC)c1ccccc1O. The molecule has 2 aromatic rings. The highest BCUT2D eigenvalue weighted by Gasteiger charge is 2.09. The summed E-state index contributed by atoms with van der Waals surface area (Å²) in [7, 11) is 0. The minimum atomic E-state index is -0.276. The molecule has 0 fully saturated rings. The highest BCUT2D eigenvalue weighted by molar-refractivity contribution is 7.80. The van der Waals surface area contributed by atoms with Gasteiger partial charge in [0.2, 0.25) is 0 Å². The lowest BCUT2D eigenvalue weighted by atomic mass is 10.2. The predicted octanol–water partition coefficient (Wildman–Crippen LogP) is 5.95. The van der Waals surface area contributed by atoms with E-state index in [1.54, 1.807) is 18.2 Å². The van der Waals surface area contributed by atoms with E-state index in [0.29, 0.717) is 22.8 Å². The molecular weight excluding hydrogens is 370 g/mol. The van der Waals surface area contributed by atoms with Crippen molar-refractivity contribution in [3.05, 3.63) is 54.1 Å². The number of aromatic hydroxyl groups is 1.